The van der Waals surface area contributed by atoms with Gasteiger partial charge in [-0.2, -0.15) is 0 Å². The van der Waals surface area contributed by atoms with Gasteiger partial charge in [0, 0.05) is 0 Å². The van der Waals surface area contributed by atoms with E-state index in [2.05, 4.69) is 0 Å². The summed E-state index contributed by atoms with van der Waals surface area (Å²) in [6.45, 7) is 0. The molecule has 1 aliphatic carbocycles. The van der Waals surface area contributed by atoms with Crippen LogP contribution in [0.15, 0.2) is 29.6 Å². The van der Waals surface area contributed by atoms with E-state index in [0.717, 1.165) is 22.5 Å². The maximum atomic E-state index is 10.5. The first-order chi connectivity index (χ1) is 5.79. The molecule has 0 amide bonds. The highest BCUT2D eigenvalue weighted by atomic mass is 32.1. The average molecular weight is 179 g/mol. The van der Waals surface area contributed by atoms with Crippen LogP contribution in [0.5, 0.6) is 0 Å². The van der Waals surface area contributed by atoms with Crippen molar-refractivity contribution < 1.29 is 4.92 Å². The van der Waals surface area contributed by atoms with Gasteiger partial charge in [-0.25, -0.2) is 0 Å². The van der Waals surface area contributed by atoms with E-state index < -0.39 is 0 Å². The summed E-state index contributed by atoms with van der Waals surface area (Å²) in [7, 11) is 0. The van der Waals surface area contributed by atoms with Gasteiger partial charge in [0.1, 0.15) is 0 Å². The number of nitrogens with zero attached hydrogens (tertiary/aromatic N) is 1. The molecule has 0 radical (unpaired) electrons. The fraction of sp³-hybridized carbons (Fsp3) is 0. The summed E-state index contributed by atoms with van der Waals surface area (Å²) in [5.41, 5.74) is 1.66. The van der Waals surface area contributed by atoms with Crippen molar-refractivity contribution in [1.29, 1.82) is 0 Å². The first kappa shape index (κ1) is 7.24. The minimum atomic E-state index is -0.340. The van der Waals surface area contributed by atoms with E-state index in [4.69, 9.17) is 0 Å². The van der Waals surface area contributed by atoms with Crippen molar-refractivity contribution >= 4 is 16.3 Å². The van der Waals surface area contributed by atoms with E-state index in [1.54, 1.807) is 11.4 Å². The summed E-state index contributed by atoms with van der Waals surface area (Å²) in [4.78, 5) is 10.2. The Morgan fingerprint density at radius 2 is 2.17 bits per heavy atom. The first-order valence-corrected chi connectivity index (χ1v) is 4.27. The van der Waals surface area contributed by atoms with Crippen LogP contribution >= 0.6 is 11.3 Å². The van der Waals surface area contributed by atoms with Gasteiger partial charge in [0.05, 0.1) is 10.5 Å². The molecule has 3 nitrogen and oxygen atoms in total. The van der Waals surface area contributed by atoms with Crippen molar-refractivity contribution in [3.05, 3.63) is 39.8 Å². The molecule has 0 saturated carbocycles. The lowest BCUT2D eigenvalue weighted by atomic mass is 10.2. The van der Waals surface area contributed by atoms with Crippen LogP contribution < -0.4 is 0 Å². The second kappa shape index (κ2) is 2.57. The Morgan fingerprint density at radius 1 is 1.33 bits per heavy atom. The lowest BCUT2D eigenvalue weighted by molar-refractivity contribution is -0.379. The molecule has 0 unspecified atom stereocenters. The lowest BCUT2D eigenvalue weighted by Crippen LogP contribution is -1.87. The Labute approximate surface area is 72.8 Å². The van der Waals surface area contributed by atoms with Crippen LogP contribution in [0.4, 0.5) is 5.00 Å². The molecule has 0 fully saturated rings. The minimum Gasteiger partial charge on any atom is -0.258 e. The second-order valence-corrected chi connectivity index (χ2v) is 3.27. The van der Waals surface area contributed by atoms with E-state index >= 15 is 0 Å². The molecule has 0 atom stereocenters. The van der Waals surface area contributed by atoms with Gasteiger partial charge in [0.25, 0.3) is 0 Å². The van der Waals surface area contributed by atoms with Gasteiger partial charge in [-0.05, 0) is 23.1 Å². The zero-order valence-corrected chi connectivity index (χ0v) is 6.88. The molecule has 0 bridgehead atoms. The highest BCUT2D eigenvalue weighted by molar-refractivity contribution is 7.13. The maximum absolute atomic E-state index is 10.5. The maximum Gasteiger partial charge on any atom is 0.331 e. The van der Waals surface area contributed by atoms with E-state index in [9.17, 15) is 10.1 Å². The highest BCUT2D eigenvalue weighted by Gasteiger charge is 2.16. The van der Waals surface area contributed by atoms with Gasteiger partial charge < -0.3 is 0 Å². The predicted molar refractivity (Wildman–Crippen MR) is 47.6 cm³/mol. The van der Waals surface area contributed by atoms with Crippen molar-refractivity contribution in [2.24, 2.45) is 0 Å². The van der Waals surface area contributed by atoms with Crippen LogP contribution in [0.3, 0.4) is 0 Å². The molecule has 4 heteroatoms. The number of hydrogen-bond acceptors (Lipinski definition) is 3. The van der Waals surface area contributed by atoms with Crippen LogP contribution in [-0.4, -0.2) is 4.92 Å². The van der Waals surface area contributed by atoms with Crippen molar-refractivity contribution in [2.75, 3.05) is 0 Å². The monoisotopic (exact) mass is 179 g/mol. The normalized spacial score (nSPS) is 10.3. The topological polar surface area (TPSA) is 43.1 Å². The van der Waals surface area contributed by atoms with Crippen molar-refractivity contribution in [1.82, 2.24) is 0 Å². The molecule has 0 aromatic carbocycles. The zero-order valence-electron chi connectivity index (χ0n) is 6.06. The van der Waals surface area contributed by atoms with Gasteiger partial charge in [-0.15, -0.1) is 0 Å². The van der Waals surface area contributed by atoms with E-state index in [1.165, 1.54) is 0 Å². The molecule has 2 rings (SSSR count). The van der Waals surface area contributed by atoms with Crippen LogP contribution in [0.2, 0.25) is 0 Å². The van der Waals surface area contributed by atoms with Gasteiger partial charge in [0.2, 0.25) is 0 Å². The molecular weight excluding hydrogens is 174 g/mol. The SMILES string of the molecule is O=[N+]([O-])c1sccc2cccc1-2. The predicted octanol–water partition coefficient (Wildman–Crippen LogP) is 2.76. The van der Waals surface area contributed by atoms with Crippen LogP contribution in [-0.2, 0) is 0 Å². The number of fused-ring (bicyclic) bond motifs is 1. The summed E-state index contributed by atoms with van der Waals surface area (Å²) in [6.07, 6.45) is 0. The molecule has 12 heavy (non-hydrogen) atoms. The molecular formula is C8H5NO2S. The molecule has 0 saturated heterocycles. The molecule has 2 aliphatic rings. The Kier molecular flexibility index (Phi) is 1.55. The largest absolute Gasteiger partial charge is 0.331 e. The summed E-state index contributed by atoms with van der Waals surface area (Å²) in [5.74, 6) is 0. The Hall–Kier alpha value is -1.42. The van der Waals surface area contributed by atoms with Gasteiger partial charge in [0.15, 0.2) is 0 Å². The molecule has 0 N–H and O–H groups in total. The van der Waals surface area contributed by atoms with Gasteiger partial charge in [-0.3, -0.25) is 10.1 Å². The second-order valence-electron chi connectivity index (χ2n) is 2.38. The molecule has 1 heterocycles. The standard InChI is InChI=1S/C8H5NO2S/c10-9(11)8-7-3-1-2-6(7)4-5-12-8/h1-5H. The number of nitro groups is 1. The van der Waals surface area contributed by atoms with Gasteiger partial charge in [-0.1, -0.05) is 23.5 Å². The van der Waals surface area contributed by atoms with E-state index in [0.29, 0.717) is 0 Å². The van der Waals surface area contributed by atoms with Gasteiger partial charge >= 0.3 is 5.00 Å². The van der Waals surface area contributed by atoms with E-state index in [1.807, 2.05) is 18.2 Å². The van der Waals surface area contributed by atoms with Crippen LogP contribution in [0.1, 0.15) is 0 Å². The van der Waals surface area contributed by atoms with E-state index in [-0.39, 0.29) is 9.92 Å². The van der Waals surface area contributed by atoms with Crippen LogP contribution in [0, 0.1) is 10.1 Å². The molecule has 0 aromatic rings. The van der Waals surface area contributed by atoms with Crippen LogP contribution in [0.25, 0.3) is 11.1 Å². The zero-order chi connectivity index (χ0) is 8.55. The third-order valence-electron chi connectivity index (χ3n) is 1.67. The molecule has 0 spiro atoms. The number of hydrogen-bond donors (Lipinski definition) is 0. The fourth-order valence-corrected chi connectivity index (χ4v) is 1.89. The number of rotatable bonds is 1. The average Bonchev–Trinajstić information content (AvgIpc) is 2.49. The Balaban J connectivity index is 2.71. The van der Waals surface area contributed by atoms with Crippen molar-refractivity contribution in [3.63, 3.8) is 0 Å². The third kappa shape index (κ3) is 0.967. The molecule has 1 aliphatic heterocycles. The third-order valence-corrected chi connectivity index (χ3v) is 2.54. The highest BCUT2D eigenvalue weighted by Crippen LogP contribution is 2.35. The smallest absolute Gasteiger partial charge is 0.258 e. The van der Waals surface area contributed by atoms with Crippen molar-refractivity contribution in [2.45, 2.75) is 0 Å². The molecule has 0 aromatic heterocycles. The Morgan fingerprint density at radius 3 is 2.92 bits per heavy atom. The quantitative estimate of drug-likeness (QED) is 0.499. The summed E-state index contributed by atoms with van der Waals surface area (Å²) >= 11 is 1.16. The minimum absolute atomic E-state index is 0.220. The fourth-order valence-electron chi connectivity index (χ4n) is 1.15. The molecule has 60 valence electrons. The van der Waals surface area contributed by atoms with Crippen molar-refractivity contribution in [3.8, 4) is 11.1 Å². The lowest BCUT2D eigenvalue weighted by Gasteiger charge is -1.96. The Bertz CT molecular complexity index is 396. The first-order valence-electron chi connectivity index (χ1n) is 3.39. The summed E-state index contributed by atoms with van der Waals surface area (Å²) in [5, 5.41) is 12.5. The summed E-state index contributed by atoms with van der Waals surface area (Å²) in [6, 6.07) is 7.34. The summed E-state index contributed by atoms with van der Waals surface area (Å²) < 4.78 is 0.